The molecule has 0 aliphatic heterocycles. The summed E-state index contributed by atoms with van der Waals surface area (Å²) in [5.41, 5.74) is 5.98. The van der Waals surface area contributed by atoms with Crippen molar-refractivity contribution < 1.29 is 19.4 Å². The van der Waals surface area contributed by atoms with E-state index in [0.717, 1.165) is 0 Å². The van der Waals surface area contributed by atoms with E-state index < -0.39 is 11.9 Å². The average Bonchev–Trinajstić information content (AvgIpc) is 2.24. The van der Waals surface area contributed by atoms with Crippen LogP contribution in [0.1, 0.15) is 20.8 Å². The molecule has 5 heteroatoms. The molecule has 0 atom stereocenters. The van der Waals surface area contributed by atoms with E-state index in [4.69, 9.17) is 15.6 Å². The molecular formula is C12H19NO4. The summed E-state index contributed by atoms with van der Waals surface area (Å²) in [6.45, 7) is 4.98. The van der Waals surface area contributed by atoms with Gasteiger partial charge in [0.2, 0.25) is 5.91 Å². The van der Waals surface area contributed by atoms with Gasteiger partial charge in [0.1, 0.15) is 6.61 Å². The molecule has 0 heterocycles. The summed E-state index contributed by atoms with van der Waals surface area (Å²) in [7, 11) is 0. The summed E-state index contributed by atoms with van der Waals surface area (Å²) < 4.78 is 4.70. The van der Waals surface area contributed by atoms with E-state index >= 15 is 0 Å². The van der Waals surface area contributed by atoms with Crippen LogP contribution >= 0.6 is 0 Å². The second-order valence-corrected chi connectivity index (χ2v) is 3.85. The molecule has 0 aromatic heterocycles. The van der Waals surface area contributed by atoms with Gasteiger partial charge in [0, 0.05) is 11.1 Å². The molecule has 0 aromatic carbocycles. The molecule has 0 saturated heterocycles. The van der Waals surface area contributed by atoms with E-state index in [2.05, 4.69) is 0 Å². The molecule has 0 fully saturated rings. The zero-order valence-corrected chi connectivity index (χ0v) is 10.4. The first-order valence-electron chi connectivity index (χ1n) is 5.36. The Hall–Kier alpha value is -1.62. The van der Waals surface area contributed by atoms with Gasteiger partial charge in [-0.2, -0.15) is 0 Å². The topological polar surface area (TPSA) is 89.6 Å². The van der Waals surface area contributed by atoms with Crippen molar-refractivity contribution in [3.05, 3.63) is 23.3 Å². The van der Waals surface area contributed by atoms with E-state index in [1.165, 1.54) is 12.2 Å². The van der Waals surface area contributed by atoms with Crippen molar-refractivity contribution in [3.8, 4) is 0 Å². The van der Waals surface area contributed by atoms with Crippen molar-refractivity contribution in [2.24, 2.45) is 11.7 Å². The maximum atomic E-state index is 11.3. The molecule has 0 aromatic rings. The van der Waals surface area contributed by atoms with Crippen LogP contribution in [-0.4, -0.2) is 30.2 Å². The zero-order valence-electron chi connectivity index (χ0n) is 10.4. The Kier molecular flexibility index (Phi) is 6.89. The number of aliphatic hydroxyl groups is 1. The Labute approximate surface area is 101 Å². The first kappa shape index (κ1) is 15.4. The van der Waals surface area contributed by atoms with Gasteiger partial charge < -0.3 is 15.6 Å². The van der Waals surface area contributed by atoms with Gasteiger partial charge in [-0.15, -0.1) is 0 Å². The lowest BCUT2D eigenvalue weighted by Gasteiger charge is -2.06. The Balaban J connectivity index is 4.72. The summed E-state index contributed by atoms with van der Waals surface area (Å²) in [6, 6.07) is 0. The maximum Gasteiger partial charge on any atom is 0.333 e. The van der Waals surface area contributed by atoms with E-state index in [1.807, 2.05) is 13.8 Å². The quantitative estimate of drug-likeness (QED) is 0.403. The molecule has 17 heavy (non-hydrogen) atoms. The van der Waals surface area contributed by atoms with Gasteiger partial charge in [-0.25, -0.2) is 4.79 Å². The van der Waals surface area contributed by atoms with Crippen molar-refractivity contribution >= 4 is 11.9 Å². The zero-order chi connectivity index (χ0) is 13.4. The number of amides is 1. The van der Waals surface area contributed by atoms with E-state index in [-0.39, 0.29) is 19.1 Å². The Bertz CT molecular complexity index is 342. The number of ether oxygens (including phenoxy) is 1. The molecule has 0 radical (unpaired) electrons. The van der Waals surface area contributed by atoms with Gasteiger partial charge in [-0.3, -0.25) is 4.79 Å². The summed E-state index contributed by atoms with van der Waals surface area (Å²) in [5.74, 6) is -1.04. The SMILES string of the molecule is C/C(=C\C=C(/C(N)=O)C(C)C)C(=O)OCCO. The highest BCUT2D eigenvalue weighted by atomic mass is 16.5. The third kappa shape index (κ3) is 5.87. The van der Waals surface area contributed by atoms with Gasteiger partial charge in [-0.1, -0.05) is 26.0 Å². The van der Waals surface area contributed by atoms with Crippen LogP contribution in [0, 0.1) is 5.92 Å². The summed E-state index contributed by atoms with van der Waals surface area (Å²) in [6.07, 6.45) is 3.00. The number of rotatable bonds is 6. The number of primary amides is 1. The van der Waals surface area contributed by atoms with Gasteiger partial charge in [0.25, 0.3) is 0 Å². The molecule has 1 amide bonds. The minimum Gasteiger partial charge on any atom is -0.460 e. The van der Waals surface area contributed by atoms with Crippen LogP contribution in [0.25, 0.3) is 0 Å². The largest absolute Gasteiger partial charge is 0.460 e. The average molecular weight is 241 g/mol. The monoisotopic (exact) mass is 241 g/mol. The lowest BCUT2D eigenvalue weighted by Crippen LogP contribution is -2.17. The van der Waals surface area contributed by atoms with Crippen LogP contribution in [0.15, 0.2) is 23.3 Å². The van der Waals surface area contributed by atoms with Crippen molar-refractivity contribution in [1.29, 1.82) is 0 Å². The van der Waals surface area contributed by atoms with Crippen molar-refractivity contribution in [2.75, 3.05) is 13.2 Å². The molecule has 0 aliphatic carbocycles. The van der Waals surface area contributed by atoms with Crippen LogP contribution in [-0.2, 0) is 14.3 Å². The normalized spacial score (nSPS) is 12.8. The molecule has 0 spiro atoms. The molecule has 0 rings (SSSR count). The van der Waals surface area contributed by atoms with Crippen molar-refractivity contribution in [2.45, 2.75) is 20.8 Å². The van der Waals surface area contributed by atoms with Crippen LogP contribution in [0.3, 0.4) is 0 Å². The van der Waals surface area contributed by atoms with Crippen molar-refractivity contribution in [1.82, 2.24) is 0 Å². The van der Waals surface area contributed by atoms with Gasteiger partial charge in [0.15, 0.2) is 0 Å². The van der Waals surface area contributed by atoms with Gasteiger partial charge >= 0.3 is 5.97 Å². The highest BCUT2D eigenvalue weighted by Crippen LogP contribution is 2.09. The molecule has 0 aliphatic rings. The fraction of sp³-hybridized carbons (Fsp3) is 0.500. The van der Waals surface area contributed by atoms with Gasteiger partial charge in [-0.05, 0) is 12.8 Å². The lowest BCUT2D eigenvalue weighted by atomic mass is 10.0. The van der Waals surface area contributed by atoms with E-state index in [9.17, 15) is 9.59 Å². The second kappa shape index (κ2) is 7.62. The summed E-state index contributed by atoms with van der Waals surface area (Å²) in [4.78, 5) is 22.4. The smallest absolute Gasteiger partial charge is 0.333 e. The predicted octanol–water partition coefficient (Wildman–Crippen LogP) is 0.536. The Morgan fingerprint density at radius 2 is 1.94 bits per heavy atom. The first-order valence-corrected chi connectivity index (χ1v) is 5.36. The molecule has 0 bridgehead atoms. The fourth-order valence-corrected chi connectivity index (χ4v) is 1.09. The van der Waals surface area contributed by atoms with Crippen LogP contribution in [0.2, 0.25) is 0 Å². The van der Waals surface area contributed by atoms with Gasteiger partial charge in [0.05, 0.1) is 6.61 Å². The number of carbonyl (C=O) groups excluding carboxylic acids is 2. The second-order valence-electron chi connectivity index (χ2n) is 3.85. The first-order chi connectivity index (χ1) is 7.90. The molecule has 96 valence electrons. The van der Waals surface area contributed by atoms with E-state index in [1.54, 1.807) is 6.92 Å². The molecular weight excluding hydrogens is 222 g/mol. The fourth-order valence-electron chi connectivity index (χ4n) is 1.09. The number of hydrogen-bond acceptors (Lipinski definition) is 4. The number of carbonyl (C=O) groups is 2. The third-order valence-electron chi connectivity index (χ3n) is 2.07. The minimum atomic E-state index is -0.525. The summed E-state index contributed by atoms with van der Waals surface area (Å²) >= 11 is 0. The lowest BCUT2D eigenvalue weighted by molar-refractivity contribution is -0.139. The predicted molar refractivity (Wildman–Crippen MR) is 63.9 cm³/mol. The number of esters is 1. The molecule has 3 N–H and O–H groups in total. The Morgan fingerprint density at radius 3 is 2.35 bits per heavy atom. The maximum absolute atomic E-state index is 11.3. The number of allylic oxidation sites excluding steroid dienone is 2. The summed E-state index contributed by atoms with van der Waals surface area (Å²) in [5, 5.41) is 8.49. The highest BCUT2D eigenvalue weighted by Gasteiger charge is 2.09. The molecule has 5 nitrogen and oxygen atoms in total. The number of aliphatic hydroxyl groups excluding tert-OH is 1. The standard InChI is InChI=1S/C12H19NO4/c1-8(2)10(11(13)15)5-4-9(3)12(16)17-7-6-14/h4-5,8,14H,6-7H2,1-3H3,(H2,13,15)/b9-4+,10-5-. The molecule has 0 saturated carbocycles. The minimum absolute atomic E-state index is 0.00925. The van der Waals surface area contributed by atoms with Crippen LogP contribution < -0.4 is 5.73 Å². The third-order valence-corrected chi connectivity index (χ3v) is 2.07. The van der Waals surface area contributed by atoms with Crippen LogP contribution in [0.4, 0.5) is 0 Å². The Morgan fingerprint density at radius 1 is 1.35 bits per heavy atom. The van der Waals surface area contributed by atoms with Crippen molar-refractivity contribution in [3.63, 3.8) is 0 Å². The number of hydrogen-bond donors (Lipinski definition) is 2. The van der Waals surface area contributed by atoms with Crippen LogP contribution in [0.5, 0.6) is 0 Å². The van der Waals surface area contributed by atoms with E-state index in [0.29, 0.717) is 11.1 Å². The highest BCUT2D eigenvalue weighted by molar-refractivity contribution is 5.93. The molecule has 0 unspecified atom stereocenters. The number of nitrogens with two attached hydrogens (primary N) is 1.